The number of amides is 1. The van der Waals surface area contributed by atoms with Crippen molar-refractivity contribution in [1.82, 2.24) is 24.7 Å². The molecule has 0 bridgehead atoms. The fraction of sp³-hybridized carbons (Fsp3) is 0.412. The van der Waals surface area contributed by atoms with Gasteiger partial charge in [0.2, 0.25) is 0 Å². The molecule has 2 unspecified atom stereocenters. The third-order valence-corrected chi connectivity index (χ3v) is 4.88. The van der Waals surface area contributed by atoms with Crippen LogP contribution < -0.4 is 11.1 Å². The number of carbonyl (C=O) groups is 1. The van der Waals surface area contributed by atoms with Crippen molar-refractivity contribution in [2.45, 2.75) is 44.8 Å². The van der Waals surface area contributed by atoms with E-state index in [1.165, 1.54) is 6.33 Å². The van der Waals surface area contributed by atoms with E-state index in [9.17, 15) is 9.18 Å². The highest BCUT2D eigenvalue weighted by molar-refractivity contribution is 6.14. The van der Waals surface area contributed by atoms with Gasteiger partial charge in [-0.05, 0) is 26.7 Å². The summed E-state index contributed by atoms with van der Waals surface area (Å²) in [5.41, 5.74) is 6.53. The van der Waals surface area contributed by atoms with Gasteiger partial charge in [-0.2, -0.15) is 5.10 Å². The first-order valence-corrected chi connectivity index (χ1v) is 8.47. The summed E-state index contributed by atoms with van der Waals surface area (Å²) < 4.78 is 16.2. The normalized spacial score (nSPS) is 22.8. The molecule has 1 aliphatic rings. The molecule has 1 saturated carbocycles. The number of aryl methyl sites for hydroxylation is 1. The summed E-state index contributed by atoms with van der Waals surface area (Å²) in [6, 6.07) is 1.65. The zero-order valence-electron chi connectivity index (χ0n) is 14.6. The predicted molar refractivity (Wildman–Crippen MR) is 95.6 cm³/mol. The standard InChI is InChI=1S/C17H20FN7O/c1-9-5-12(24-23-9)22-16(26)11-7-25(10-3-4-17(2,18)6-10)15-13(11)14(19)20-8-21-15/h5,7-8,10H,3-4,6H2,1-2H3,(H2,19,20,21)(H2,22,23,24,26). The number of nitrogen functional groups attached to an aromatic ring is 1. The number of aromatic amines is 1. The highest BCUT2D eigenvalue weighted by atomic mass is 19.1. The summed E-state index contributed by atoms with van der Waals surface area (Å²) in [7, 11) is 0. The topological polar surface area (TPSA) is 115 Å². The quantitative estimate of drug-likeness (QED) is 0.667. The average molecular weight is 357 g/mol. The second kappa shape index (κ2) is 5.79. The van der Waals surface area contributed by atoms with E-state index in [1.54, 1.807) is 19.2 Å². The molecule has 4 N–H and O–H groups in total. The maximum absolute atomic E-state index is 14.3. The van der Waals surface area contributed by atoms with Crippen molar-refractivity contribution in [3.8, 4) is 0 Å². The van der Waals surface area contributed by atoms with Crippen LogP contribution in [-0.2, 0) is 0 Å². The summed E-state index contributed by atoms with van der Waals surface area (Å²) in [5, 5.41) is 10.00. The second-order valence-electron chi connectivity index (χ2n) is 7.11. The molecule has 9 heteroatoms. The molecule has 0 radical (unpaired) electrons. The Kier molecular flexibility index (Phi) is 3.67. The Morgan fingerprint density at radius 3 is 2.96 bits per heavy atom. The Morgan fingerprint density at radius 2 is 2.31 bits per heavy atom. The molecule has 26 heavy (non-hydrogen) atoms. The van der Waals surface area contributed by atoms with Crippen LogP contribution in [0.15, 0.2) is 18.6 Å². The number of halogens is 1. The largest absolute Gasteiger partial charge is 0.383 e. The van der Waals surface area contributed by atoms with Crippen LogP contribution in [0.1, 0.15) is 48.3 Å². The van der Waals surface area contributed by atoms with E-state index in [4.69, 9.17) is 5.73 Å². The van der Waals surface area contributed by atoms with Gasteiger partial charge < -0.3 is 15.6 Å². The zero-order chi connectivity index (χ0) is 18.5. The number of hydrogen-bond acceptors (Lipinski definition) is 5. The molecule has 3 heterocycles. The number of alkyl halides is 1. The number of carbonyl (C=O) groups excluding carboxylic acids is 1. The van der Waals surface area contributed by atoms with Crippen molar-refractivity contribution in [2.24, 2.45) is 0 Å². The van der Waals surface area contributed by atoms with Crippen molar-refractivity contribution in [2.75, 3.05) is 11.1 Å². The van der Waals surface area contributed by atoms with Crippen molar-refractivity contribution < 1.29 is 9.18 Å². The monoisotopic (exact) mass is 357 g/mol. The number of rotatable bonds is 3. The Labute approximate surface area is 149 Å². The lowest BCUT2D eigenvalue weighted by molar-refractivity contribution is 0.102. The van der Waals surface area contributed by atoms with E-state index in [0.29, 0.717) is 41.7 Å². The highest BCUT2D eigenvalue weighted by Gasteiger charge is 2.37. The molecule has 0 aliphatic heterocycles. The van der Waals surface area contributed by atoms with E-state index >= 15 is 0 Å². The molecule has 0 spiro atoms. The van der Waals surface area contributed by atoms with Crippen molar-refractivity contribution in [3.05, 3.63) is 29.8 Å². The fourth-order valence-corrected chi connectivity index (χ4v) is 3.63. The lowest BCUT2D eigenvalue weighted by Crippen LogP contribution is -2.14. The second-order valence-corrected chi connectivity index (χ2v) is 7.11. The van der Waals surface area contributed by atoms with Crippen LogP contribution in [0, 0.1) is 6.92 Å². The molecule has 8 nitrogen and oxygen atoms in total. The molecular weight excluding hydrogens is 337 g/mol. The number of nitrogens with two attached hydrogens (primary N) is 1. The maximum Gasteiger partial charge on any atom is 0.259 e. The van der Waals surface area contributed by atoms with Crippen LogP contribution in [0.25, 0.3) is 11.0 Å². The number of hydrogen-bond donors (Lipinski definition) is 3. The molecule has 3 aromatic heterocycles. The van der Waals surface area contributed by atoms with Gasteiger partial charge in [0.05, 0.1) is 10.9 Å². The molecular formula is C17H20FN7O. The predicted octanol–water partition coefficient (Wildman–Crippen LogP) is 2.75. The Bertz CT molecular complexity index is 990. The van der Waals surface area contributed by atoms with E-state index < -0.39 is 5.67 Å². The lowest BCUT2D eigenvalue weighted by Gasteiger charge is -2.15. The zero-order valence-corrected chi connectivity index (χ0v) is 14.6. The first kappa shape index (κ1) is 16.5. The summed E-state index contributed by atoms with van der Waals surface area (Å²) in [5.74, 6) is 0.280. The van der Waals surface area contributed by atoms with Gasteiger partial charge >= 0.3 is 0 Å². The number of nitrogens with zero attached hydrogens (tertiary/aromatic N) is 4. The van der Waals surface area contributed by atoms with Gasteiger partial charge in [-0.25, -0.2) is 14.4 Å². The van der Waals surface area contributed by atoms with Crippen LogP contribution in [0.3, 0.4) is 0 Å². The summed E-state index contributed by atoms with van der Waals surface area (Å²) >= 11 is 0. The van der Waals surface area contributed by atoms with E-state index in [2.05, 4.69) is 25.5 Å². The van der Waals surface area contributed by atoms with E-state index in [-0.39, 0.29) is 17.8 Å². The number of H-pyrrole nitrogens is 1. The Morgan fingerprint density at radius 1 is 1.50 bits per heavy atom. The minimum absolute atomic E-state index is 0.0732. The van der Waals surface area contributed by atoms with Crippen LogP contribution >= 0.6 is 0 Å². The van der Waals surface area contributed by atoms with Gasteiger partial charge in [-0.1, -0.05) is 0 Å². The first-order valence-electron chi connectivity index (χ1n) is 8.47. The van der Waals surface area contributed by atoms with Gasteiger partial charge in [-0.15, -0.1) is 0 Å². The van der Waals surface area contributed by atoms with Crippen LogP contribution in [0.4, 0.5) is 16.0 Å². The highest BCUT2D eigenvalue weighted by Crippen LogP contribution is 2.42. The van der Waals surface area contributed by atoms with Gasteiger partial charge in [0.1, 0.15) is 23.5 Å². The van der Waals surface area contributed by atoms with Crippen molar-refractivity contribution in [1.29, 1.82) is 0 Å². The smallest absolute Gasteiger partial charge is 0.259 e. The lowest BCUT2D eigenvalue weighted by atomic mass is 10.1. The first-order chi connectivity index (χ1) is 12.3. The minimum atomic E-state index is -1.21. The minimum Gasteiger partial charge on any atom is -0.383 e. The van der Waals surface area contributed by atoms with Gasteiger partial charge in [-0.3, -0.25) is 9.89 Å². The van der Waals surface area contributed by atoms with Crippen molar-refractivity contribution >= 4 is 28.6 Å². The van der Waals surface area contributed by atoms with Crippen LogP contribution in [0.5, 0.6) is 0 Å². The van der Waals surface area contributed by atoms with E-state index in [1.807, 2.05) is 11.5 Å². The van der Waals surface area contributed by atoms with Crippen molar-refractivity contribution in [3.63, 3.8) is 0 Å². The SMILES string of the molecule is Cc1cc(NC(=O)c2cn(C3CCC(C)(F)C3)c3ncnc(N)c23)n[nH]1. The molecule has 3 aromatic rings. The Hall–Kier alpha value is -2.97. The summed E-state index contributed by atoms with van der Waals surface area (Å²) in [4.78, 5) is 21.1. The summed E-state index contributed by atoms with van der Waals surface area (Å²) in [6.45, 7) is 3.45. The third kappa shape index (κ3) is 2.79. The van der Waals surface area contributed by atoms with Gasteiger partial charge in [0.15, 0.2) is 5.82 Å². The third-order valence-electron chi connectivity index (χ3n) is 4.88. The summed E-state index contributed by atoms with van der Waals surface area (Å²) in [6.07, 6.45) is 4.58. The number of aromatic nitrogens is 5. The van der Waals surface area contributed by atoms with E-state index in [0.717, 1.165) is 5.69 Å². The van der Waals surface area contributed by atoms with Gasteiger partial charge in [0.25, 0.3) is 5.91 Å². The fourth-order valence-electron chi connectivity index (χ4n) is 3.63. The van der Waals surface area contributed by atoms with Crippen LogP contribution in [-0.4, -0.2) is 36.3 Å². The number of anilines is 2. The van der Waals surface area contributed by atoms with Gasteiger partial charge in [0, 0.05) is 30.4 Å². The molecule has 1 amide bonds. The number of nitrogens with one attached hydrogen (secondary N) is 2. The molecule has 1 fully saturated rings. The maximum atomic E-state index is 14.3. The average Bonchev–Trinajstić information content (AvgIpc) is 3.25. The molecule has 0 saturated heterocycles. The molecule has 2 atom stereocenters. The number of fused-ring (bicyclic) bond motifs is 1. The van der Waals surface area contributed by atoms with Crippen LogP contribution in [0.2, 0.25) is 0 Å². The molecule has 0 aromatic carbocycles. The molecule has 4 rings (SSSR count). The molecule has 1 aliphatic carbocycles. The Balaban J connectivity index is 1.76. The molecule has 136 valence electrons.